The molecule has 2 saturated heterocycles. The summed E-state index contributed by atoms with van der Waals surface area (Å²) in [6.45, 7) is 11.3. The number of aliphatic hydroxyl groups is 3. The Kier molecular flexibility index (Phi) is 9.22. The number of aromatic nitrogens is 1. The summed E-state index contributed by atoms with van der Waals surface area (Å²) in [6.07, 6.45) is 3.71. The lowest BCUT2D eigenvalue weighted by molar-refractivity contribution is -0.171. The van der Waals surface area contributed by atoms with Crippen LogP contribution in [0.2, 0.25) is 0 Å². The van der Waals surface area contributed by atoms with Gasteiger partial charge in [0.1, 0.15) is 16.4 Å². The van der Waals surface area contributed by atoms with Crippen LogP contribution in [0.25, 0.3) is 10.2 Å². The number of nitrogens with zero attached hydrogens (tertiary/aromatic N) is 1. The van der Waals surface area contributed by atoms with Crippen molar-refractivity contribution in [3.8, 4) is 0 Å². The van der Waals surface area contributed by atoms with Gasteiger partial charge in [-0.2, -0.15) is 0 Å². The molecule has 2 aliphatic heterocycles. The average Bonchev–Trinajstić information content (AvgIpc) is 3.26. The van der Waals surface area contributed by atoms with E-state index in [4.69, 9.17) is 9.47 Å². The summed E-state index contributed by atoms with van der Waals surface area (Å²) in [5.41, 5.74) is -0.668. The molecular weight excluding hydrogens is 530 g/mol. The predicted octanol–water partition coefficient (Wildman–Crippen LogP) is 5.38. The number of ketones is 1. The summed E-state index contributed by atoms with van der Waals surface area (Å²) in [5.74, 6) is -2.14. The fourth-order valence-electron chi connectivity index (χ4n) is 6.04. The third kappa shape index (κ3) is 6.34. The number of benzene rings is 1. The second kappa shape index (κ2) is 12.0. The van der Waals surface area contributed by atoms with E-state index in [0.29, 0.717) is 28.9 Å². The van der Waals surface area contributed by atoms with Crippen molar-refractivity contribution in [3.63, 3.8) is 0 Å². The molecule has 3 N–H and O–H groups in total. The van der Waals surface area contributed by atoms with E-state index in [1.54, 1.807) is 25.1 Å². The normalized spacial score (nSPS) is 33.8. The Morgan fingerprint density at radius 1 is 1.23 bits per heavy atom. The van der Waals surface area contributed by atoms with Gasteiger partial charge in [0.05, 0.1) is 16.8 Å². The molecule has 40 heavy (non-hydrogen) atoms. The fourth-order valence-corrected chi connectivity index (χ4v) is 6.84. The van der Waals surface area contributed by atoms with Gasteiger partial charge in [-0.05, 0) is 62.6 Å². The Labute approximate surface area is 240 Å². The Hall–Kier alpha value is -2.17. The first-order valence-electron chi connectivity index (χ1n) is 14.3. The standard InChI is InChI=1S/C31H43NO7S/c1-6-7-10-21-16-19(2)9-8-14-30(5)31(37,39-30)28(36)26(38-25(34)13-15-29(3,4)27(21)35)20-11-12-23-22(17-20)32-24(18-33)40-23/h6,11-12,17,19,21,26,28,33,36-37H,1,7-10,13-16,18H2,2-5H3. The number of hydrogen-bond donors (Lipinski definition) is 3. The summed E-state index contributed by atoms with van der Waals surface area (Å²) in [6, 6.07) is 5.22. The van der Waals surface area contributed by atoms with Gasteiger partial charge in [0.15, 0.2) is 12.2 Å². The minimum atomic E-state index is -1.88. The van der Waals surface area contributed by atoms with Gasteiger partial charge >= 0.3 is 5.97 Å². The van der Waals surface area contributed by atoms with E-state index < -0.39 is 35.0 Å². The molecule has 0 spiro atoms. The molecule has 0 bridgehead atoms. The van der Waals surface area contributed by atoms with E-state index in [9.17, 15) is 24.9 Å². The molecule has 1 aromatic carbocycles. The molecule has 220 valence electrons. The lowest BCUT2D eigenvalue weighted by Gasteiger charge is -2.31. The smallest absolute Gasteiger partial charge is 0.306 e. The Balaban J connectivity index is 1.65. The maximum atomic E-state index is 13.7. The van der Waals surface area contributed by atoms with Crippen LogP contribution in [0.15, 0.2) is 30.9 Å². The van der Waals surface area contributed by atoms with Crippen molar-refractivity contribution in [3.05, 3.63) is 41.4 Å². The Morgan fingerprint density at radius 3 is 2.67 bits per heavy atom. The predicted molar refractivity (Wildman–Crippen MR) is 153 cm³/mol. The van der Waals surface area contributed by atoms with Crippen LogP contribution in [0.5, 0.6) is 0 Å². The maximum absolute atomic E-state index is 13.7. The number of Topliss-reactive ketones (excluding diaryl/α,β-unsaturated/α-hetero) is 1. The van der Waals surface area contributed by atoms with E-state index >= 15 is 0 Å². The summed E-state index contributed by atoms with van der Waals surface area (Å²) < 4.78 is 12.5. The molecule has 2 aliphatic rings. The molecule has 1 aromatic heterocycles. The van der Waals surface area contributed by atoms with Gasteiger partial charge in [0.25, 0.3) is 0 Å². The van der Waals surface area contributed by atoms with E-state index in [-0.39, 0.29) is 30.6 Å². The van der Waals surface area contributed by atoms with Gasteiger partial charge in [-0.3, -0.25) is 9.59 Å². The summed E-state index contributed by atoms with van der Waals surface area (Å²) in [5, 5.41) is 32.9. The number of epoxide rings is 1. The number of aliphatic hydroxyl groups excluding tert-OH is 2. The van der Waals surface area contributed by atoms with Gasteiger partial charge in [0, 0.05) is 17.8 Å². The van der Waals surface area contributed by atoms with Gasteiger partial charge in [0.2, 0.25) is 5.79 Å². The van der Waals surface area contributed by atoms with Crippen LogP contribution in [0.3, 0.4) is 0 Å². The molecule has 6 unspecified atom stereocenters. The number of carbonyl (C=O) groups excluding carboxylic acids is 2. The number of carbonyl (C=O) groups is 2. The van der Waals surface area contributed by atoms with E-state index in [0.717, 1.165) is 36.8 Å². The van der Waals surface area contributed by atoms with Crippen molar-refractivity contribution in [1.82, 2.24) is 4.98 Å². The first-order chi connectivity index (χ1) is 18.8. The topological polar surface area (TPSA) is 129 Å². The van der Waals surface area contributed by atoms with Crippen LogP contribution in [0, 0.1) is 17.3 Å². The van der Waals surface area contributed by atoms with Gasteiger partial charge in [-0.15, -0.1) is 17.9 Å². The molecule has 6 atom stereocenters. The largest absolute Gasteiger partial charge is 0.454 e. The number of cyclic esters (lactones) is 1. The number of allylic oxidation sites excluding steroid dienone is 1. The highest BCUT2D eigenvalue weighted by molar-refractivity contribution is 7.18. The molecule has 8 nitrogen and oxygen atoms in total. The molecular formula is C31H43NO7S. The van der Waals surface area contributed by atoms with Crippen molar-refractivity contribution < 1.29 is 34.4 Å². The zero-order valence-electron chi connectivity index (χ0n) is 24.0. The monoisotopic (exact) mass is 573 g/mol. The highest BCUT2D eigenvalue weighted by atomic mass is 32.1. The number of fused-ring (bicyclic) bond motifs is 2. The second-order valence-electron chi connectivity index (χ2n) is 12.4. The minimum Gasteiger partial charge on any atom is -0.454 e. The highest BCUT2D eigenvalue weighted by Gasteiger charge is 2.71. The van der Waals surface area contributed by atoms with Crippen LogP contribution in [-0.2, 0) is 25.7 Å². The first kappa shape index (κ1) is 30.8. The fraction of sp³-hybridized carbons (Fsp3) is 0.645. The van der Waals surface area contributed by atoms with E-state index in [1.807, 2.05) is 19.9 Å². The summed E-state index contributed by atoms with van der Waals surface area (Å²) >= 11 is 1.35. The third-order valence-corrected chi connectivity index (χ3v) is 9.73. The zero-order chi connectivity index (χ0) is 29.3. The van der Waals surface area contributed by atoms with Crippen molar-refractivity contribution in [2.24, 2.45) is 17.3 Å². The number of thiazole rings is 1. The first-order valence-corrected chi connectivity index (χ1v) is 15.1. The lowest BCUT2D eigenvalue weighted by Crippen LogP contribution is -2.42. The third-order valence-electron chi connectivity index (χ3n) is 8.71. The second-order valence-corrected chi connectivity index (χ2v) is 13.5. The molecule has 0 saturated carbocycles. The van der Waals surface area contributed by atoms with Crippen LogP contribution in [-0.4, -0.2) is 49.5 Å². The summed E-state index contributed by atoms with van der Waals surface area (Å²) in [4.78, 5) is 31.3. The Morgan fingerprint density at radius 2 is 1.98 bits per heavy atom. The highest BCUT2D eigenvalue weighted by Crippen LogP contribution is 2.54. The van der Waals surface area contributed by atoms with Gasteiger partial charge in [-0.25, -0.2) is 4.98 Å². The Bertz CT molecular complexity index is 1240. The number of ether oxygens (including phenoxy) is 2. The van der Waals surface area contributed by atoms with Crippen LogP contribution in [0.1, 0.15) is 95.7 Å². The average molecular weight is 574 g/mol. The van der Waals surface area contributed by atoms with Gasteiger partial charge < -0.3 is 24.8 Å². The maximum Gasteiger partial charge on any atom is 0.306 e. The molecule has 3 heterocycles. The molecule has 4 rings (SSSR count). The molecule has 2 fully saturated rings. The number of hydrogen-bond acceptors (Lipinski definition) is 9. The van der Waals surface area contributed by atoms with E-state index in [1.165, 1.54) is 11.3 Å². The van der Waals surface area contributed by atoms with Crippen molar-refractivity contribution >= 4 is 33.3 Å². The molecule has 9 heteroatoms. The molecule has 0 aliphatic carbocycles. The van der Waals surface area contributed by atoms with Crippen molar-refractivity contribution in [2.45, 2.75) is 109 Å². The molecule has 0 radical (unpaired) electrons. The zero-order valence-corrected chi connectivity index (χ0v) is 24.8. The number of rotatable bonds is 5. The number of esters is 1. The van der Waals surface area contributed by atoms with Crippen molar-refractivity contribution in [2.75, 3.05) is 0 Å². The van der Waals surface area contributed by atoms with Crippen LogP contribution in [0.4, 0.5) is 0 Å². The molecule has 0 amide bonds. The van der Waals surface area contributed by atoms with Crippen molar-refractivity contribution in [1.29, 1.82) is 0 Å². The quantitative estimate of drug-likeness (QED) is 0.247. The summed E-state index contributed by atoms with van der Waals surface area (Å²) in [7, 11) is 0. The van der Waals surface area contributed by atoms with Gasteiger partial charge in [-0.1, -0.05) is 45.8 Å². The van der Waals surface area contributed by atoms with Crippen LogP contribution >= 0.6 is 11.3 Å². The van der Waals surface area contributed by atoms with E-state index in [2.05, 4.69) is 18.5 Å². The minimum absolute atomic E-state index is 0.0180. The van der Waals surface area contributed by atoms with Crippen LogP contribution < -0.4 is 0 Å². The lowest BCUT2D eigenvalue weighted by atomic mass is 9.73. The SMILES string of the molecule is C=CCCC1CC(C)CCCC2(C)OC2(O)C(O)C(c2ccc3sc(CO)nc3c2)OC(=O)CCC(C)(C)C1=O. The molecule has 2 aromatic rings.